The van der Waals surface area contributed by atoms with Gasteiger partial charge in [0.1, 0.15) is 12.0 Å². The van der Waals surface area contributed by atoms with Crippen LogP contribution in [0, 0.1) is 0 Å². The first-order chi connectivity index (χ1) is 6.27. The number of carbonyl (C=O) groups is 1. The molecule has 0 heterocycles. The molecular formula is C11H19FO. The minimum atomic E-state index is -0.888. The minimum Gasteiger partial charge on any atom is -0.303 e. The van der Waals surface area contributed by atoms with E-state index in [2.05, 4.69) is 0 Å². The van der Waals surface area contributed by atoms with Gasteiger partial charge in [-0.1, -0.05) is 19.3 Å². The van der Waals surface area contributed by atoms with Crippen LogP contribution < -0.4 is 0 Å². The molecule has 0 radical (unpaired) electrons. The summed E-state index contributed by atoms with van der Waals surface area (Å²) < 4.78 is 13.9. The van der Waals surface area contributed by atoms with Crippen molar-refractivity contribution in [3.05, 3.63) is 0 Å². The number of carbonyl (C=O) groups excluding carboxylic acids is 1. The monoisotopic (exact) mass is 186 g/mol. The van der Waals surface area contributed by atoms with Crippen LogP contribution >= 0.6 is 0 Å². The Balaban J connectivity index is 2.13. The molecular weight excluding hydrogens is 167 g/mol. The molecule has 1 saturated carbocycles. The number of aldehydes is 1. The highest BCUT2D eigenvalue weighted by molar-refractivity contribution is 5.48. The standard InChI is InChI=1S/C11H19FO/c12-11(7-3-1-4-8-11)9-5-2-6-10-13/h10H,1-9H2. The number of hydrogen-bond acceptors (Lipinski definition) is 1. The zero-order chi connectivity index (χ0) is 9.57. The Morgan fingerprint density at radius 3 is 2.46 bits per heavy atom. The van der Waals surface area contributed by atoms with Crippen molar-refractivity contribution in [2.24, 2.45) is 0 Å². The van der Waals surface area contributed by atoms with Crippen molar-refractivity contribution in [2.75, 3.05) is 0 Å². The van der Waals surface area contributed by atoms with Gasteiger partial charge < -0.3 is 4.79 Å². The molecule has 0 bridgehead atoms. The van der Waals surface area contributed by atoms with Crippen LogP contribution in [0.4, 0.5) is 4.39 Å². The summed E-state index contributed by atoms with van der Waals surface area (Å²) in [5.74, 6) is 0. The van der Waals surface area contributed by atoms with Gasteiger partial charge in [0.25, 0.3) is 0 Å². The first-order valence-electron chi connectivity index (χ1n) is 5.39. The van der Waals surface area contributed by atoms with Crippen LogP contribution in [-0.4, -0.2) is 12.0 Å². The number of hydrogen-bond donors (Lipinski definition) is 0. The maximum atomic E-state index is 13.9. The van der Waals surface area contributed by atoms with E-state index in [1.54, 1.807) is 0 Å². The molecule has 0 aromatic heterocycles. The van der Waals surface area contributed by atoms with Gasteiger partial charge in [-0.3, -0.25) is 0 Å². The summed E-state index contributed by atoms with van der Waals surface area (Å²) in [6, 6.07) is 0. The van der Waals surface area contributed by atoms with Gasteiger partial charge >= 0.3 is 0 Å². The van der Waals surface area contributed by atoms with Gasteiger partial charge in [0, 0.05) is 6.42 Å². The quantitative estimate of drug-likeness (QED) is 0.475. The molecule has 0 aliphatic heterocycles. The van der Waals surface area contributed by atoms with Gasteiger partial charge in [0.2, 0.25) is 0 Å². The summed E-state index contributed by atoms with van der Waals surface area (Å²) in [7, 11) is 0. The zero-order valence-corrected chi connectivity index (χ0v) is 8.23. The Kier molecular flexibility index (Phi) is 4.40. The van der Waals surface area contributed by atoms with E-state index in [0.717, 1.165) is 44.8 Å². The molecule has 13 heavy (non-hydrogen) atoms. The van der Waals surface area contributed by atoms with Crippen LogP contribution in [0.3, 0.4) is 0 Å². The topological polar surface area (TPSA) is 17.1 Å². The van der Waals surface area contributed by atoms with E-state index in [0.29, 0.717) is 12.8 Å². The summed E-state index contributed by atoms with van der Waals surface area (Å²) in [6.45, 7) is 0. The molecule has 1 fully saturated rings. The van der Waals surface area contributed by atoms with Crippen molar-refractivity contribution in [1.82, 2.24) is 0 Å². The molecule has 0 amide bonds. The van der Waals surface area contributed by atoms with Crippen molar-refractivity contribution < 1.29 is 9.18 Å². The van der Waals surface area contributed by atoms with Crippen molar-refractivity contribution in [3.8, 4) is 0 Å². The third-order valence-electron chi connectivity index (χ3n) is 2.95. The molecule has 0 unspecified atom stereocenters. The molecule has 76 valence electrons. The lowest BCUT2D eigenvalue weighted by atomic mass is 9.83. The molecule has 2 heteroatoms. The van der Waals surface area contributed by atoms with E-state index >= 15 is 0 Å². The summed E-state index contributed by atoms with van der Waals surface area (Å²) in [6.07, 6.45) is 8.68. The third-order valence-corrected chi connectivity index (χ3v) is 2.95. The van der Waals surface area contributed by atoms with Gasteiger partial charge in [0.15, 0.2) is 0 Å². The molecule has 1 aliphatic carbocycles. The normalized spacial score (nSPS) is 21.3. The van der Waals surface area contributed by atoms with Gasteiger partial charge in [-0.25, -0.2) is 4.39 Å². The van der Waals surface area contributed by atoms with E-state index in [4.69, 9.17) is 0 Å². The van der Waals surface area contributed by atoms with Gasteiger partial charge in [-0.2, -0.15) is 0 Å². The molecule has 0 N–H and O–H groups in total. The van der Waals surface area contributed by atoms with Gasteiger partial charge in [-0.15, -0.1) is 0 Å². The highest BCUT2D eigenvalue weighted by Crippen LogP contribution is 2.35. The first kappa shape index (κ1) is 10.7. The molecule has 1 rings (SSSR count). The summed E-state index contributed by atoms with van der Waals surface area (Å²) >= 11 is 0. The van der Waals surface area contributed by atoms with Crippen molar-refractivity contribution in [2.45, 2.75) is 63.5 Å². The maximum absolute atomic E-state index is 13.9. The van der Waals surface area contributed by atoms with Crippen LogP contribution in [0.15, 0.2) is 0 Å². The fourth-order valence-electron chi connectivity index (χ4n) is 2.10. The molecule has 0 atom stereocenters. The lowest BCUT2D eigenvalue weighted by Crippen LogP contribution is -2.25. The largest absolute Gasteiger partial charge is 0.303 e. The Bertz CT molecular complexity index is 150. The van der Waals surface area contributed by atoms with E-state index in [1.807, 2.05) is 0 Å². The Labute approximate surface area is 79.7 Å². The van der Waals surface area contributed by atoms with Crippen molar-refractivity contribution >= 4 is 6.29 Å². The second-order valence-electron chi connectivity index (χ2n) is 4.12. The molecule has 1 aliphatic rings. The van der Waals surface area contributed by atoms with E-state index in [-0.39, 0.29) is 0 Å². The lowest BCUT2D eigenvalue weighted by Gasteiger charge is -2.29. The number of unbranched alkanes of at least 4 members (excludes halogenated alkanes) is 2. The van der Waals surface area contributed by atoms with Crippen molar-refractivity contribution in [3.63, 3.8) is 0 Å². The molecule has 0 aromatic carbocycles. The van der Waals surface area contributed by atoms with Crippen molar-refractivity contribution in [1.29, 1.82) is 0 Å². The highest BCUT2D eigenvalue weighted by Gasteiger charge is 2.30. The van der Waals surface area contributed by atoms with Gasteiger partial charge in [-0.05, 0) is 32.1 Å². The van der Waals surface area contributed by atoms with Crippen LogP contribution in [0.5, 0.6) is 0 Å². The summed E-state index contributed by atoms with van der Waals surface area (Å²) in [5.41, 5.74) is -0.888. The van der Waals surface area contributed by atoms with Crippen LogP contribution in [-0.2, 0) is 4.79 Å². The predicted octanol–water partition coefficient (Wildman–Crippen LogP) is 3.42. The Morgan fingerprint density at radius 1 is 1.15 bits per heavy atom. The average Bonchev–Trinajstić information content (AvgIpc) is 2.14. The summed E-state index contributed by atoms with van der Waals surface area (Å²) in [5, 5.41) is 0. The smallest absolute Gasteiger partial charge is 0.119 e. The second kappa shape index (κ2) is 5.36. The second-order valence-corrected chi connectivity index (χ2v) is 4.12. The first-order valence-corrected chi connectivity index (χ1v) is 5.39. The fourth-order valence-corrected chi connectivity index (χ4v) is 2.10. The number of alkyl halides is 1. The number of rotatable bonds is 5. The molecule has 1 nitrogen and oxygen atoms in total. The average molecular weight is 186 g/mol. The van der Waals surface area contributed by atoms with Gasteiger partial charge in [0.05, 0.1) is 0 Å². The molecule has 0 aromatic rings. The SMILES string of the molecule is O=CCCCCC1(F)CCCCC1. The lowest BCUT2D eigenvalue weighted by molar-refractivity contribution is -0.108. The predicted molar refractivity (Wildman–Crippen MR) is 51.5 cm³/mol. The van der Waals surface area contributed by atoms with E-state index < -0.39 is 5.67 Å². The minimum absolute atomic E-state index is 0.593. The number of halogens is 1. The maximum Gasteiger partial charge on any atom is 0.119 e. The van der Waals surface area contributed by atoms with E-state index in [9.17, 15) is 9.18 Å². The van der Waals surface area contributed by atoms with Crippen LogP contribution in [0.2, 0.25) is 0 Å². The highest BCUT2D eigenvalue weighted by atomic mass is 19.1. The third kappa shape index (κ3) is 3.88. The Hall–Kier alpha value is -0.400. The molecule has 0 saturated heterocycles. The van der Waals surface area contributed by atoms with Crippen LogP contribution in [0.25, 0.3) is 0 Å². The van der Waals surface area contributed by atoms with Crippen LogP contribution in [0.1, 0.15) is 57.8 Å². The van der Waals surface area contributed by atoms with E-state index in [1.165, 1.54) is 6.42 Å². The molecule has 0 spiro atoms. The zero-order valence-electron chi connectivity index (χ0n) is 8.23. The fraction of sp³-hybridized carbons (Fsp3) is 0.909. The Morgan fingerprint density at radius 2 is 1.85 bits per heavy atom. The summed E-state index contributed by atoms with van der Waals surface area (Å²) in [4.78, 5) is 10.0.